The Bertz CT molecular complexity index is 290. The Morgan fingerprint density at radius 1 is 1.13 bits per heavy atom. The molecule has 0 bridgehead atoms. The van der Waals surface area contributed by atoms with Crippen LogP contribution in [0.15, 0.2) is 0 Å². The standard InChI is InChI=1S/C11H18O4/c1-10(2)8(11(10,3)4)6(9(14)15)5-7(12)13/h6,8H,5H2,1-4H3,(H,12,13)(H,14,15). The maximum Gasteiger partial charge on any atom is 0.307 e. The van der Waals surface area contributed by atoms with E-state index in [1.165, 1.54) is 0 Å². The average Bonchev–Trinajstić information content (AvgIpc) is 2.38. The van der Waals surface area contributed by atoms with Crippen LogP contribution in [-0.2, 0) is 9.59 Å². The number of carbonyl (C=O) groups is 2. The lowest BCUT2D eigenvalue weighted by atomic mass is 9.93. The van der Waals surface area contributed by atoms with Gasteiger partial charge >= 0.3 is 11.9 Å². The molecule has 2 N–H and O–H groups in total. The Labute approximate surface area is 89.3 Å². The summed E-state index contributed by atoms with van der Waals surface area (Å²) in [6.07, 6.45) is -0.285. The van der Waals surface area contributed by atoms with Gasteiger partial charge < -0.3 is 10.2 Å². The van der Waals surface area contributed by atoms with Gasteiger partial charge in [-0.1, -0.05) is 27.7 Å². The maximum atomic E-state index is 11.0. The first-order valence-corrected chi connectivity index (χ1v) is 5.07. The van der Waals surface area contributed by atoms with E-state index < -0.39 is 17.9 Å². The third-order valence-corrected chi connectivity index (χ3v) is 4.25. The van der Waals surface area contributed by atoms with E-state index in [4.69, 9.17) is 10.2 Å². The Balaban J connectivity index is 2.86. The van der Waals surface area contributed by atoms with Crippen LogP contribution in [-0.4, -0.2) is 22.2 Å². The quantitative estimate of drug-likeness (QED) is 0.748. The van der Waals surface area contributed by atoms with Crippen molar-refractivity contribution in [3.05, 3.63) is 0 Å². The van der Waals surface area contributed by atoms with Crippen LogP contribution >= 0.6 is 0 Å². The van der Waals surface area contributed by atoms with Gasteiger partial charge in [0.25, 0.3) is 0 Å². The van der Waals surface area contributed by atoms with Crippen molar-refractivity contribution in [1.82, 2.24) is 0 Å². The molecule has 1 aliphatic carbocycles. The lowest BCUT2D eigenvalue weighted by Crippen LogP contribution is -2.22. The highest BCUT2D eigenvalue weighted by Gasteiger charge is 2.68. The first-order chi connectivity index (χ1) is 6.62. The van der Waals surface area contributed by atoms with E-state index in [0.717, 1.165) is 0 Å². The first-order valence-electron chi connectivity index (χ1n) is 5.07. The van der Waals surface area contributed by atoms with Crippen LogP contribution < -0.4 is 0 Å². The zero-order chi connectivity index (χ0) is 12.0. The number of hydrogen-bond acceptors (Lipinski definition) is 2. The zero-order valence-electron chi connectivity index (χ0n) is 9.57. The van der Waals surface area contributed by atoms with E-state index in [0.29, 0.717) is 0 Å². The van der Waals surface area contributed by atoms with Crippen LogP contribution in [0.25, 0.3) is 0 Å². The van der Waals surface area contributed by atoms with Crippen molar-refractivity contribution < 1.29 is 19.8 Å². The van der Waals surface area contributed by atoms with Crippen molar-refractivity contribution in [2.24, 2.45) is 22.7 Å². The van der Waals surface area contributed by atoms with Crippen LogP contribution in [0, 0.1) is 22.7 Å². The van der Waals surface area contributed by atoms with Gasteiger partial charge in [-0.3, -0.25) is 9.59 Å². The van der Waals surface area contributed by atoms with E-state index in [-0.39, 0.29) is 23.2 Å². The Morgan fingerprint density at radius 2 is 1.53 bits per heavy atom. The molecular formula is C11H18O4. The summed E-state index contributed by atoms with van der Waals surface area (Å²) in [6, 6.07) is 0. The second-order valence-corrected chi connectivity index (χ2v) is 5.46. The summed E-state index contributed by atoms with van der Waals surface area (Å²) >= 11 is 0. The second-order valence-electron chi connectivity index (χ2n) is 5.46. The fourth-order valence-electron chi connectivity index (χ4n) is 2.79. The predicted molar refractivity (Wildman–Crippen MR) is 54.4 cm³/mol. The lowest BCUT2D eigenvalue weighted by molar-refractivity contribution is -0.149. The highest BCUT2D eigenvalue weighted by Crippen LogP contribution is 2.71. The molecule has 1 rings (SSSR count). The van der Waals surface area contributed by atoms with Gasteiger partial charge in [0.2, 0.25) is 0 Å². The average molecular weight is 214 g/mol. The molecule has 15 heavy (non-hydrogen) atoms. The number of aliphatic carboxylic acids is 2. The van der Waals surface area contributed by atoms with Crippen molar-refractivity contribution >= 4 is 11.9 Å². The molecule has 4 heteroatoms. The lowest BCUT2D eigenvalue weighted by Gasteiger charge is -2.11. The SMILES string of the molecule is CC1(C)C(C(CC(=O)O)C(=O)O)C1(C)C. The molecule has 0 aromatic heterocycles. The summed E-state index contributed by atoms with van der Waals surface area (Å²) in [5, 5.41) is 17.7. The van der Waals surface area contributed by atoms with Gasteiger partial charge in [-0.15, -0.1) is 0 Å². The third-order valence-electron chi connectivity index (χ3n) is 4.25. The van der Waals surface area contributed by atoms with Crippen LogP contribution in [0.5, 0.6) is 0 Å². The topological polar surface area (TPSA) is 74.6 Å². The van der Waals surface area contributed by atoms with Gasteiger partial charge in [0.05, 0.1) is 12.3 Å². The molecule has 0 radical (unpaired) electrons. The molecule has 0 heterocycles. The molecule has 0 saturated heterocycles. The molecule has 0 amide bonds. The fraction of sp³-hybridized carbons (Fsp3) is 0.818. The molecule has 4 nitrogen and oxygen atoms in total. The van der Waals surface area contributed by atoms with Gasteiger partial charge in [-0.2, -0.15) is 0 Å². The molecule has 0 spiro atoms. The minimum absolute atomic E-state index is 0.0569. The second kappa shape index (κ2) is 3.22. The molecule has 0 aliphatic heterocycles. The zero-order valence-corrected chi connectivity index (χ0v) is 9.57. The maximum absolute atomic E-state index is 11.0. The number of hydrogen-bond donors (Lipinski definition) is 2. The van der Waals surface area contributed by atoms with Gasteiger partial charge in [0, 0.05) is 0 Å². The molecule has 1 unspecified atom stereocenters. The smallest absolute Gasteiger partial charge is 0.307 e. The van der Waals surface area contributed by atoms with Crippen molar-refractivity contribution in [2.45, 2.75) is 34.1 Å². The first kappa shape index (κ1) is 12.0. The van der Waals surface area contributed by atoms with Gasteiger partial charge in [0.15, 0.2) is 0 Å². The summed E-state index contributed by atoms with van der Waals surface area (Å²) < 4.78 is 0. The van der Waals surface area contributed by atoms with Gasteiger partial charge in [-0.25, -0.2) is 0 Å². The summed E-state index contributed by atoms with van der Waals surface area (Å²) in [6.45, 7) is 7.98. The number of rotatable bonds is 4. The van der Waals surface area contributed by atoms with E-state index in [9.17, 15) is 9.59 Å². The predicted octanol–water partition coefficient (Wildman–Crippen LogP) is 1.84. The normalized spacial score (nSPS) is 24.5. The molecule has 1 aliphatic rings. The minimum atomic E-state index is -1.04. The van der Waals surface area contributed by atoms with Crippen LogP contribution in [0.4, 0.5) is 0 Å². The number of carboxylic acids is 2. The van der Waals surface area contributed by atoms with Crippen LogP contribution in [0.1, 0.15) is 34.1 Å². The van der Waals surface area contributed by atoms with Gasteiger partial charge in [0.1, 0.15) is 0 Å². The fourth-order valence-corrected chi connectivity index (χ4v) is 2.79. The van der Waals surface area contributed by atoms with E-state index in [1.54, 1.807) is 0 Å². The summed E-state index contributed by atoms with van der Waals surface area (Å²) in [5.74, 6) is -2.87. The molecule has 86 valence electrons. The van der Waals surface area contributed by atoms with Gasteiger partial charge in [-0.05, 0) is 16.7 Å². The largest absolute Gasteiger partial charge is 0.481 e. The molecule has 1 fully saturated rings. The van der Waals surface area contributed by atoms with Crippen molar-refractivity contribution in [2.75, 3.05) is 0 Å². The Kier molecular flexibility index (Phi) is 2.58. The van der Waals surface area contributed by atoms with Crippen molar-refractivity contribution in [3.63, 3.8) is 0 Å². The monoisotopic (exact) mass is 214 g/mol. The van der Waals surface area contributed by atoms with E-state index in [1.807, 2.05) is 27.7 Å². The van der Waals surface area contributed by atoms with E-state index >= 15 is 0 Å². The van der Waals surface area contributed by atoms with Crippen LogP contribution in [0.2, 0.25) is 0 Å². The highest BCUT2D eigenvalue weighted by molar-refractivity contribution is 5.78. The third kappa shape index (κ3) is 1.73. The Morgan fingerprint density at radius 3 is 1.73 bits per heavy atom. The number of carboxylic acid groups (broad SMARTS) is 2. The molecule has 0 aromatic carbocycles. The molecule has 0 aromatic rings. The molecule has 1 saturated carbocycles. The van der Waals surface area contributed by atoms with Crippen molar-refractivity contribution in [1.29, 1.82) is 0 Å². The molecule has 1 atom stereocenters. The van der Waals surface area contributed by atoms with E-state index in [2.05, 4.69) is 0 Å². The Hall–Kier alpha value is -1.06. The summed E-state index contributed by atoms with van der Waals surface area (Å²) in [5.41, 5.74) is -0.184. The van der Waals surface area contributed by atoms with Crippen LogP contribution in [0.3, 0.4) is 0 Å². The summed E-state index contributed by atoms with van der Waals surface area (Å²) in [7, 11) is 0. The highest BCUT2D eigenvalue weighted by atomic mass is 16.4. The molecular weight excluding hydrogens is 196 g/mol. The minimum Gasteiger partial charge on any atom is -0.481 e. The van der Waals surface area contributed by atoms with Crippen molar-refractivity contribution in [3.8, 4) is 0 Å². The summed E-state index contributed by atoms with van der Waals surface area (Å²) in [4.78, 5) is 21.6.